The summed E-state index contributed by atoms with van der Waals surface area (Å²) in [5.41, 5.74) is -0.0839. The fourth-order valence-electron chi connectivity index (χ4n) is 0.919. The third-order valence-electron chi connectivity index (χ3n) is 1.48. The number of halogens is 1. The van der Waals surface area contributed by atoms with Crippen LogP contribution in [0.2, 0.25) is 0 Å². The second-order valence-electron chi connectivity index (χ2n) is 2.34. The topological polar surface area (TPSA) is 78.4 Å². The molecule has 0 aliphatic rings. The maximum absolute atomic E-state index is 12.6. The van der Waals surface area contributed by atoms with Gasteiger partial charge in [0.15, 0.2) is 0 Å². The summed E-state index contributed by atoms with van der Waals surface area (Å²) in [7, 11) is 0. The van der Waals surface area contributed by atoms with Crippen molar-refractivity contribution < 1.29 is 14.2 Å². The summed E-state index contributed by atoms with van der Waals surface area (Å²) in [5.74, 6) is 4.09. The molecule has 0 heterocycles. The minimum Gasteiger partial charge on any atom is -0.300 e. The second kappa shape index (κ2) is 3.92. The zero-order valence-electron chi connectivity index (χ0n) is 6.57. The number of nitro benzene ring substituents is 1. The summed E-state index contributed by atoms with van der Waals surface area (Å²) in [6.45, 7) is -0.114. The zero-order valence-corrected chi connectivity index (χ0v) is 6.57. The molecule has 0 bridgehead atoms. The van der Waals surface area contributed by atoms with E-state index in [4.69, 9.17) is 5.90 Å². The Hall–Kier alpha value is -1.53. The Morgan fingerprint density at radius 1 is 1.62 bits per heavy atom. The van der Waals surface area contributed by atoms with E-state index in [1.165, 1.54) is 6.07 Å². The second-order valence-corrected chi connectivity index (χ2v) is 2.34. The van der Waals surface area contributed by atoms with Gasteiger partial charge in [-0.05, 0) is 12.1 Å². The molecule has 2 N–H and O–H groups in total. The van der Waals surface area contributed by atoms with Crippen molar-refractivity contribution >= 4 is 5.69 Å². The van der Waals surface area contributed by atoms with Crippen LogP contribution in [0.1, 0.15) is 5.56 Å². The molecule has 0 aliphatic carbocycles. The van der Waals surface area contributed by atoms with Crippen LogP contribution in [0.4, 0.5) is 10.1 Å². The van der Waals surface area contributed by atoms with Crippen molar-refractivity contribution in [3.8, 4) is 0 Å². The summed E-state index contributed by atoms with van der Waals surface area (Å²) < 4.78 is 12.6. The van der Waals surface area contributed by atoms with Gasteiger partial charge in [0.25, 0.3) is 5.69 Å². The smallest absolute Gasteiger partial charge is 0.277 e. The fraction of sp³-hybridized carbons (Fsp3) is 0.143. The molecule has 0 radical (unpaired) electrons. The Morgan fingerprint density at radius 3 is 2.85 bits per heavy atom. The average molecular weight is 186 g/mol. The standard InChI is InChI=1S/C7H7FN2O3/c8-6-2-1-5(4-13-9)7(3-6)10(11)12/h1-3H,4,9H2. The molecule has 1 rings (SSSR count). The van der Waals surface area contributed by atoms with Crippen molar-refractivity contribution in [3.05, 3.63) is 39.7 Å². The van der Waals surface area contributed by atoms with Crippen molar-refractivity contribution in [2.24, 2.45) is 5.90 Å². The van der Waals surface area contributed by atoms with Crippen molar-refractivity contribution in [1.82, 2.24) is 0 Å². The molecule has 0 aliphatic heterocycles. The largest absolute Gasteiger partial charge is 0.300 e. The number of nitrogens with zero attached hydrogens (tertiary/aromatic N) is 1. The van der Waals surface area contributed by atoms with Gasteiger partial charge in [0.05, 0.1) is 23.2 Å². The maximum atomic E-state index is 12.6. The van der Waals surface area contributed by atoms with Crippen LogP contribution in [-0.4, -0.2) is 4.92 Å². The van der Waals surface area contributed by atoms with Crippen LogP contribution in [0.3, 0.4) is 0 Å². The fourth-order valence-corrected chi connectivity index (χ4v) is 0.919. The first-order valence-electron chi connectivity index (χ1n) is 3.39. The average Bonchev–Trinajstić information content (AvgIpc) is 2.08. The van der Waals surface area contributed by atoms with Gasteiger partial charge in [0.2, 0.25) is 0 Å². The van der Waals surface area contributed by atoms with Gasteiger partial charge in [-0.2, -0.15) is 0 Å². The van der Waals surface area contributed by atoms with Crippen LogP contribution >= 0.6 is 0 Å². The zero-order chi connectivity index (χ0) is 9.84. The van der Waals surface area contributed by atoms with E-state index >= 15 is 0 Å². The summed E-state index contributed by atoms with van der Waals surface area (Å²) >= 11 is 0. The highest BCUT2D eigenvalue weighted by Crippen LogP contribution is 2.19. The van der Waals surface area contributed by atoms with E-state index in [1.807, 2.05) is 0 Å². The van der Waals surface area contributed by atoms with Crippen LogP contribution in [-0.2, 0) is 11.4 Å². The molecular formula is C7H7FN2O3. The van der Waals surface area contributed by atoms with E-state index in [9.17, 15) is 14.5 Å². The lowest BCUT2D eigenvalue weighted by molar-refractivity contribution is -0.386. The Morgan fingerprint density at radius 2 is 2.31 bits per heavy atom. The first kappa shape index (κ1) is 9.56. The van der Waals surface area contributed by atoms with Gasteiger partial charge in [0, 0.05) is 0 Å². The molecule has 0 fully saturated rings. The monoisotopic (exact) mass is 186 g/mol. The first-order chi connectivity index (χ1) is 6.15. The van der Waals surface area contributed by atoms with E-state index in [-0.39, 0.29) is 17.9 Å². The molecule has 0 spiro atoms. The van der Waals surface area contributed by atoms with Crippen LogP contribution in [0.25, 0.3) is 0 Å². The highest BCUT2D eigenvalue weighted by Gasteiger charge is 2.14. The number of nitro groups is 1. The van der Waals surface area contributed by atoms with Gasteiger partial charge in [0.1, 0.15) is 5.82 Å². The molecule has 0 saturated heterocycles. The van der Waals surface area contributed by atoms with Crippen LogP contribution in [0.5, 0.6) is 0 Å². The van der Waals surface area contributed by atoms with Crippen LogP contribution in [0, 0.1) is 15.9 Å². The number of hydrogen-bond acceptors (Lipinski definition) is 4. The lowest BCUT2D eigenvalue weighted by atomic mass is 10.2. The predicted molar refractivity (Wildman–Crippen MR) is 42.0 cm³/mol. The molecule has 1 aromatic rings. The maximum Gasteiger partial charge on any atom is 0.277 e. The predicted octanol–water partition coefficient (Wildman–Crippen LogP) is 1.12. The third kappa shape index (κ3) is 2.20. The summed E-state index contributed by atoms with van der Waals surface area (Å²) in [5, 5.41) is 10.4. The van der Waals surface area contributed by atoms with Crippen LogP contribution < -0.4 is 5.90 Å². The van der Waals surface area contributed by atoms with E-state index in [2.05, 4.69) is 4.84 Å². The number of rotatable bonds is 3. The molecule has 5 nitrogen and oxygen atoms in total. The van der Waals surface area contributed by atoms with Gasteiger partial charge in [-0.15, -0.1) is 0 Å². The van der Waals surface area contributed by atoms with Gasteiger partial charge in [-0.3, -0.25) is 15.0 Å². The molecule has 0 atom stereocenters. The van der Waals surface area contributed by atoms with Gasteiger partial charge < -0.3 is 0 Å². The SMILES string of the molecule is NOCc1ccc(F)cc1[N+](=O)[O-]. The van der Waals surface area contributed by atoms with Crippen molar-refractivity contribution in [3.63, 3.8) is 0 Å². The van der Waals surface area contributed by atoms with Crippen molar-refractivity contribution in [2.45, 2.75) is 6.61 Å². The molecule has 0 amide bonds. The quantitative estimate of drug-likeness (QED) is 0.566. The first-order valence-corrected chi connectivity index (χ1v) is 3.39. The Kier molecular flexibility index (Phi) is 2.88. The van der Waals surface area contributed by atoms with E-state index in [0.717, 1.165) is 12.1 Å². The summed E-state index contributed by atoms with van der Waals surface area (Å²) in [4.78, 5) is 13.9. The highest BCUT2D eigenvalue weighted by molar-refractivity contribution is 5.39. The minimum atomic E-state index is -0.683. The van der Waals surface area contributed by atoms with E-state index < -0.39 is 10.7 Å². The third-order valence-corrected chi connectivity index (χ3v) is 1.48. The number of nitrogens with two attached hydrogens (primary N) is 1. The molecule has 0 saturated carbocycles. The Balaban J connectivity index is 3.10. The van der Waals surface area contributed by atoms with Gasteiger partial charge in [-0.25, -0.2) is 10.3 Å². The molecule has 70 valence electrons. The number of benzene rings is 1. The Labute approximate surface area is 73.0 Å². The summed E-state index contributed by atoms with van der Waals surface area (Å²) in [6.07, 6.45) is 0. The van der Waals surface area contributed by atoms with Crippen LogP contribution in [0.15, 0.2) is 18.2 Å². The molecule has 0 unspecified atom stereocenters. The minimum absolute atomic E-state index is 0.114. The van der Waals surface area contributed by atoms with E-state index in [1.54, 1.807) is 0 Å². The molecule has 6 heteroatoms. The molecule has 1 aromatic carbocycles. The lowest BCUT2D eigenvalue weighted by Crippen LogP contribution is -2.02. The van der Waals surface area contributed by atoms with E-state index in [0.29, 0.717) is 0 Å². The molecular weight excluding hydrogens is 179 g/mol. The lowest BCUT2D eigenvalue weighted by Gasteiger charge is -2.00. The van der Waals surface area contributed by atoms with Gasteiger partial charge >= 0.3 is 0 Å². The summed E-state index contributed by atoms with van der Waals surface area (Å²) in [6, 6.07) is 3.20. The van der Waals surface area contributed by atoms with Crippen molar-refractivity contribution in [2.75, 3.05) is 0 Å². The number of hydrogen-bond donors (Lipinski definition) is 1. The molecule has 13 heavy (non-hydrogen) atoms. The Bertz CT molecular complexity index is 330. The normalized spacial score (nSPS) is 10.0. The highest BCUT2D eigenvalue weighted by atomic mass is 19.1. The van der Waals surface area contributed by atoms with Crippen molar-refractivity contribution in [1.29, 1.82) is 0 Å². The molecule has 0 aromatic heterocycles. The van der Waals surface area contributed by atoms with Gasteiger partial charge in [-0.1, -0.05) is 0 Å².